The molecule has 1 amide bonds. The molecular formula is C24H23FN4O. The summed E-state index contributed by atoms with van der Waals surface area (Å²) in [4.78, 5) is 19.5. The topological polar surface area (TPSA) is 49.6 Å². The number of fused-ring (bicyclic) bond motifs is 1. The fraction of sp³-hybridized carbons (Fsp3) is 0.167. The highest BCUT2D eigenvalue weighted by molar-refractivity contribution is 5.96. The number of pyridine rings is 1. The van der Waals surface area contributed by atoms with Crippen LogP contribution in [0.1, 0.15) is 17.2 Å². The van der Waals surface area contributed by atoms with Gasteiger partial charge in [0.15, 0.2) is 0 Å². The van der Waals surface area contributed by atoms with Crippen LogP contribution in [0.3, 0.4) is 0 Å². The molecule has 1 atom stereocenters. The number of benzene rings is 2. The fourth-order valence-electron chi connectivity index (χ4n) is 3.52. The molecule has 30 heavy (non-hydrogen) atoms. The second kappa shape index (κ2) is 8.08. The number of rotatable bonds is 5. The molecular weight excluding hydrogens is 379 g/mol. The summed E-state index contributed by atoms with van der Waals surface area (Å²) in [5, 5.41) is 2.98. The predicted molar refractivity (Wildman–Crippen MR) is 117 cm³/mol. The Morgan fingerprint density at radius 1 is 1.10 bits per heavy atom. The number of nitrogens with one attached hydrogen (secondary N) is 1. The molecule has 0 fully saturated rings. The lowest BCUT2D eigenvalue weighted by molar-refractivity contribution is -0.120. The fourth-order valence-corrected chi connectivity index (χ4v) is 3.52. The van der Waals surface area contributed by atoms with Crippen LogP contribution in [0.15, 0.2) is 73.1 Å². The Bertz CT molecular complexity index is 1200. The van der Waals surface area contributed by atoms with Crippen molar-refractivity contribution in [1.29, 1.82) is 0 Å². The van der Waals surface area contributed by atoms with Gasteiger partial charge >= 0.3 is 0 Å². The van der Waals surface area contributed by atoms with Gasteiger partial charge in [0, 0.05) is 23.6 Å². The van der Waals surface area contributed by atoms with Crippen LogP contribution in [0, 0.1) is 12.7 Å². The van der Waals surface area contributed by atoms with Crippen molar-refractivity contribution in [3.05, 3.63) is 90.0 Å². The number of carbonyl (C=O) groups excluding carboxylic acids is 1. The first-order valence-electron chi connectivity index (χ1n) is 9.69. The highest BCUT2D eigenvalue weighted by Gasteiger charge is 2.23. The third-order valence-electron chi connectivity index (χ3n) is 4.99. The third-order valence-corrected chi connectivity index (χ3v) is 4.99. The number of aryl methyl sites for hydroxylation is 1. The van der Waals surface area contributed by atoms with Gasteiger partial charge in [0.1, 0.15) is 17.5 Å². The third kappa shape index (κ3) is 4.09. The van der Waals surface area contributed by atoms with Gasteiger partial charge in [-0.3, -0.25) is 9.69 Å². The Morgan fingerprint density at radius 3 is 2.60 bits per heavy atom. The molecule has 4 aromatic rings. The van der Waals surface area contributed by atoms with Gasteiger partial charge in [0.05, 0.1) is 5.69 Å². The van der Waals surface area contributed by atoms with Crippen molar-refractivity contribution >= 4 is 17.2 Å². The smallest absolute Gasteiger partial charge is 0.246 e. The van der Waals surface area contributed by atoms with Crippen molar-refractivity contribution in [2.45, 2.75) is 13.0 Å². The van der Waals surface area contributed by atoms with E-state index in [9.17, 15) is 9.18 Å². The first-order chi connectivity index (χ1) is 14.4. The minimum Gasteiger partial charge on any atom is -0.324 e. The Labute approximate surface area is 174 Å². The van der Waals surface area contributed by atoms with Crippen LogP contribution in [0.4, 0.5) is 10.1 Å². The summed E-state index contributed by atoms with van der Waals surface area (Å²) in [5.41, 5.74) is 5.18. The van der Waals surface area contributed by atoms with Crippen LogP contribution in [-0.4, -0.2) is 34.3 Å². The van der Waals surface area contributed by atoms with E-state index < -0.39 is 6.04 Å². The van der Waals surface area contributed by atoms with Gasteiger partial charge in [-0.25, -0.2) is 9.37 Å². The summed E-state index contributed by atoms with van der Waals surface area (Å²) in [6, 6.07) is 17.1. The van der Waals surface area contributed by atoms with Gasteiger partial charge < -0.3 is 9.72 Å². The SMILES string of the molecule is Cc1ccn2cc(-c3cccc(NC(=O)[C@@H](c4ccc(F)cc4)N(C)C)c3)nc2c1. The standard InChI is InChI=1S/C24H23FN4O/c1-16-11-12-29-15-21(27-22(29)13-16)18-5-4-6-20(14-18)26-24(30)23(28(2)3)17-7-9-19(25)10-8-17/h4-15,23H,1-3H3,(H,26,30)/t23-/m1/s1. The molecule has 2 heterocycles. The molecule has 2 aromatic carbocycles. The molecule has 0 aliphatic rings. The lowest BCUT2D eigenvalue weighted by Gasteiger charge is -2.24. The molecule has 0 aliphatic heterocycles. The van der Waals surface area contributed by atoms with Gasteiger partial charge in [-0.2, -0.15) is 0 Å². The number of carbonyl (C=O) groups is 1. The maximum absolute atomic E-state index is 13.3. The second-order valence-corrected chi connectivity index (χ2v) is 7.58. The van der Waals surface area contributed by atoms with E-state index in [-0.39, 0.29) is 11.7 Å². The molecule has 0 saturated carbocycles. The summed E-state index contributed by atoms with van der Waals surface area (Å²) in [7, 11) is 3.64. The molecule has 6 heteroatoms. The average Bonchev–Trinajstić information content (AvgIpc) is 3.13. The van der Waals surface area contributed by atoms with Gasteiger partial charge in [-0.1, -0.05) is 24.3 Å². The molecule has 1 N–H and O–H groups in total. The van der Waals surface area contributed by atoms with Gasteiger partial charge in [-0.05, 0) is 68.5 Å². The molecule has 0 saturated heterocycles. The van der Waals surface area contributed by atoms with E-state index in [1.807, 2.05) is 74.2 Å². The zero-order valence-corrected chi connectivity index (χ0v) is 17.1. The maximum atomic E-state index is 13.3. The number of imidazole rings is 1. The molecule has 0 spiro atoms. The Kier molecular flexibility index (Phi) is 5.33. The molecule has 0 bridgehead atoms. The van der Waals surface area contributed by atoms with Crippen LogP contribution < -0.4 is 5.32 Å². The van der Waals surface area contributed by atoms with E-state index in [0.717, 1.165) is 28.0 Å². The number of hydrogen-bond acceptors (Lipinski definition) is 3. The molecule has 5 nitrogen and oxygen atoms in total. The molecule has 0 aliphatic carbocycles. The minimum atomic E-state index is -0.535. The van der Waals surface area contributed by atoms with Gasteiger partial charge in [-0.15, -0.1) is 0 Å². The largest absolute Gasteiger partial charge is 0.324 e. The number of amides is 1. The van der Waals surface area contributed by atoms with E-state index in [1.54, 1.807) is 17.0 Å². The Hall–Kier alpha value is -3.51. The zero-order valence-electron chi connectivity index (χ0n) is 17.1. The number of anilines is 1. The highest BCUT2D eigenvalue weighted by atomic mass is 19.1. The molecule has 0 unspecified atom stereocenters. The highest BCUT2D eigenvalue weighted by Crippen LogP contribution is 2.25. The van der Waals surface area contributed by atoms with Gasteiger partial charge in [0.25, 0.3) is 0 Å². The number of halogens is 1. The quantitative estimate of drug-likeness (QED) is 0.527. The van der Waals surface area contributed by atoms with Gasteiger partial charge in [0.2, 0.25) is 5.91 Å². The summed E-state index contributed by atoms with van der Waals surface area (Å²) in [5.74, 6) is -0.513. The second-order valence-electron chi connectivity index (χ2n) is 7.58. The zero-order chi connectivity index (χ0) is 21.3. The molecule has 2 aromatic heterocycles. The summed E-state index contributed by atoms with van der Waals surface area (Å²) in [6.07, 6.45) is 3.95. The van der Waals surface area contributed by atoms with Crippen molar-refractivity contribution in [1.82, 2.24) is 14.3 Å². The Morgan fingerprint density at radius 2 is 1.87 bits per heavy atom. The van der Waals surface area contributed by atoms with E-state index in [2.05, 4.69) is 10.3 Å². The van der Waals surface area contributed by atoms with Crippen molar-refractivity contribution in [2.75, 3.05) is 19.4 Å². The number of hydrogen-bond donors (Lipinski definition) is 1. The first-order valence-corrected chi connectivity index (χ1v) is 9.69. The number of aromatic nitrogens is 2. The molecule has 152 valence electrons. The monoisotopic (exact) mass is 402 g/mol. The number of nitrogens with zero attached hydrogens (tertiary/aromatic N) is 3. The molecule has 0 radical (unpaired) electrons. The van der Waals surface area contributed by atoms with Crippen molar-refractivity contribution in [3.8, 4) is 11.3 Å². The lowest BCUT2D eigenvalue weighted by Crippen LogP contribution is -2.32. The summed E-state index contributed by atoms with van der Waals surface area (Å²) < 4.78 is 15.3. The van der Waals surface area contributed by atoms with E-state index >= 15 is 0 Å². The minimum absolute atomic E-state index is 0.186. The normalized spacial score (nSPS) is 12.3. The molecule has 4 rings (SSSR count). The van der Waals surface area contributed by atoms with Crippen molar-refractivity contribution in [2.24, 2.45) is 0 Å². The van der Waals surface area contributed by atoms with Crippen LogP contribution in [0.25, 0.3) is 16.9 Å². The maximum Gasteiger partial charge on any atom is 0.246 e. The van der Waals surface area contributed by atoms with Crippen molar-refractivity contribution < 1.29 is 9.18 Å². The van der Waals surface area contributed by atoms with Crippen LogP contribution >= 0.6 is 0 Å². The summed E-state index contributed by atoms with van der Waals surface area (Å²) in [6.45, 7) is 2.03. The summed E-state index contributed by atoms with van der Waals surface area (Å²) >= 11 is 0. The average molecular weight is 402 g/mol. The van der Waals surface area contributed by atoms with Crippen LogP contribution in [-0.2, 0) is 4.79 Å². The number of likely N-dealkylation sites (N-methyl/N-ethyl adjacent to an activating group) is 1. The van der Waals surface area contributed by atoms with Crippen LogP contribution in [0.5, 0.6) is 0 Å². The van der Waals surface area contributed by atoms with E-state index in [4.69, 9.17) is 0 Å². The van der Waals surface area contributed by atoms with E-state index in [1.165, 1.54) is 12.1 Å². The van der Waals surface area contributed by atoms with Crippen LogP contribution in [0.2, 0.25) is 0 Å². The lowest BCUT2D eigenvalue weighted by atomic mass is 10.0. The Balaban J connectivity index is 1.59. The van der Waals surface area contributed by atoms with Crippen molar-refractivity contribution in [3.63, 3.8) is 0 Å². The predicted octanol–water partition coefficient (Wildman–Crippen LogP) is 4.69. The van der Waals surface area contributed by atoms with E-state index in [0.29, 0.717) is 5.69 Å². The first kappa shape index (κ1) is 19.8.